The summed E-state index contributed by atoms with van der Waals surface area (Å²) in [5.74, 6) is -8.19. The molecule has 5 atom stereocenters. The zero-order chi connectivity index (χ0) is 23.9. The average molecular weight is 483 g/mol. The van der Waals surface area contributed by atoms with E-state index in [9.17, 15) is 39.9 Å². The third kappa shape index (κ3) is 3.01. The second kappa shape index (κ2) is 7.82. The van der Waals surface area contributed by atoms with Crippen molar-refractivity contribution in [3.8, 4) is 5.75 Å². The summed E-state index contributed by atoms with van der Waals surface area (Å²) in [6.45, 7) is 0. The number of carbonyl (C=O) groups is 3. The van der Waals surface area contributed by atoms with Gasteiger partial charge in [0, 0.05) is 28.0 Å². The van der Waals surface area contributed by atoms with E-state index >= 15 is 0 Å². The molecule has 9 N–H and O–H groups in total. The molecule has 0 bridgehead atoms. The molecule has 12 heteroatoms. The number of likely N-dealkylation sites (N-methyl/N-ethyl adjacent to an activating group) is 1. The van der Waals surface area contributed by atoms with Crippen LogP contribution in [0.15, 0.2) is 29.0 Å². The molecule has 3 aliphatic rings. The molecule has 4 rings (SSSR count). The monoisotopic (exact) mass is 482 g/mol. The Morgan fingerprint density at radius 3 is 2.36 bits per heavy atom. The average Bonchev–Trinajstić information content (AvgIpc) is 2.69. The number of benzene rings is 1. The van der Waals surface area contributed by atoms with Gasteiger partial charge >= 0.3 is 0 Å². The fourth-order valence-corrected chi connectivity index (χ4v) is 5.51. The molecule has 3 aliphatic carbocycles. The number of nitrogens with two attached hydrogens (primary N) is 1. The zero-order valence-electron chi connectivity index (χ0n) is 17.5. The van der Waals surface area contributed by atoms with Crippen LogP contribution in [0.4, 0.5) is 0 Å². The van der Waals surface area contributed by atoms with Gasteiger partial charge in [0.1, 0.15) is 22.8 Å². The standard InChI is InChI=1S/C21H21ClN2O8.H2O/c1-24(2)14-7-5-6-10(16(27)12-9(25)4-3-8(22)11(12)15(6)26)18(29)21(7,32)19(30)13(17(14)28)20(23)31;/h3-4,6-7,14-15,25-27,30,32H,5H2,1-2H3,(H2,23,31);1H2/t6-,7-,14-,15-,21-;/m0./s1. The summed E-state index contributed by atoms with van der Waals surface area (Å²) in [7, 11) is 2.97. The molecule has 0 saturated heterocycles. The van der Waals surface area contributed by atoms with Crippen molar-refractivity contribution in [1.29, 1.82) is 0 Å². The quantitative estimate of drug-likeness (QED) is 0.293. The number of phenols is 1. The van der Waals surface area contributed by atoms with E-state index in [2.05, 4.69) is 0 Å². The number of aromatic hydroxyl groups is 1. The van der Waals surface area contributed by atoms with Gasteiger partial charge in [-0.2, -0.15) is 0 Å². The van der Waals surface area contributed by atoms with Crippen LogP contribution in [0.25, 0.3) is 5.76 Å². The molecule has 11 nitrogen and oxygen atoms in total. The molecule has 0 aromatic heterocycles. The maximum atomic E-state index is 13.6. The summed E-state index contributed by atoms with van der Waals surface area (Å²) in [5, 5.41) is 54.4. The second-order valence-corrected chi connectivity index (χ2v) is 8.87. The molecule has 1 aromatic carbocycles. The van der Waals surface area contributed by atoms with Crippen molar-refractivity contribution in [2.24, 2.45) is 17.6 Å². The van der Waals surface area contributed by atoms with E-state index in [0.29, 0.717) is 0 Å². The molecule has 0 heterocycles. The minimum absolute atomic E-state index is 0. The molecule has 0 spiro atoms. The van der Waals surface area contributed by atoms with E-state index in [1.165, 1.54) is 31.1 Å². The Kier molecular flexibility index (Phi) is 5.85. The van der Waals surface area contributed by atoms with Crippen LogP contribution in [0.2, 0.25) is 5.02 Å². The van der Waals surface area contributed by atoms with Gasteiger partial charge in [0.25, 0.3) is 5.91 Å². The molecule has 0 aliphatic heterocycles. The Labute approximate surface area is 192 Å². The summed E-state index contributed by atoms with van der Waals surface area (Å²) in [4.78, 5) is 39.8. The van der Waals surface area contributed by atoms with Gasteiger partial charge in [-0.25, -0.2) is 0 Å². The summed E-state index contributed by atoms with van der Waals surface area (Å²) < 4.78 is 0. The number of primary amides is 1. The van der Waals surface area contributed by atoms with Crippen LogP contribution in [0.5, 0.6) is 5.75 Å². The molecule has 178 valence electrons. The van der Waals surface area contributed by atoms with E-state index in [0.717, 1.165) is 0 Å². The minimum Gasteiger partial charge on any atom is -0.508 e. The van der Waals surface area contributed by atoms with Crippen LogP contribution in [0.1, 0.15) is 23.7 Å². The van der Waals surface area contributed by atoms with Crippen molar-refractivity contribution in [1.82, 2.24) is 4.90 Å². The number of Topliss-reactive ketones (excluding diaryl/α,β-unsaturated/α-hetero) is 2. The first-order valence-corrected chi connectivity index (χ1v) is 10.1. The normalized spacial score (nSPS) is 31.1. The predicted octanol–water partition coefficient (Wildman–Crippen LogP) is -0.716. The van der Waals surface area contributed by atoms with Crippen molar-refractivity contribution in [2.75, 3.05) is 14.1 Å². The number of phenolic OH excluding ortho intramolecular Hbond substituents is 1. The Hall–Kier alpha value is -2.96. The van der Waals surface area contributed by atoms with E-state index in [1.54, 1.807) is 0 Å². The summed E-state index contributed by atoms with van der Waals surface area (Å²) >= 11 is 6.19. The third-order valence-corrected chi connectivity index (χ3v) is 6.97. The number of amides is 1. The lowest BCUT2D eigenvalue weighted by Gasteiger charge is -2.51. The van der Waals surface area contributed by atoms with Gasteiger partial charge in [0.2, 0.25) is 5.78 Å². The van der Waals surface area contributed by atoms with Gasteiger partial charge in [-0.05, 0) is 32.6 Å². The molecular formula is C21H23ClN2O9. The summed E-state index contributed by atoms with van der Waals surface area (Å²) in [5.41, 5.74) is 0.845. The second-order valence-electron chi connectivity index (χ2n) is 8.47. The van der Waals surface area contributed by atoms with E-state index < -0.39 is 75.5 Å². The first-order chi connectivity index (χ1) is 14.8. The molecule has 1 fully saturated rings. The number of fused-ring (bicyclic) bond motifs is 3. The van der Waals surface area contributed by atoms with Crippen molar-refractivity contribution in [3.05, 3.63) is 45.2 Å². The molecule has 1 amide bonds. The number of carbonyl (C=O) groups excluding carboxylic acids is 3. The van der Waals surface area contributed by atoms with E-state index in [4.69, 9.17) is 17.3 Å². The number of hydrogen-bond acceptors (Lipinski definition) is 9. The highest BCUT2D eigenvalue weighted by Crippen LogP contribution is 2.56. The van der Waals surface area contributed by atoms with Crippen LogP contribution in [0.3, 0.4) is 0 Å². The van der Waals surface area contributed by atoms with Crippen LogP contribution in [-0.4, -0.2) is 79.1 Å². The molecule has 0 radical (unpaired) electrons. The van der Waals surface area contributed by atoms with Gasteiger partial charge in [-0.1, -0.05) is 11.6 Å². The summed E-state index contributed by atoms with van der Waals surface area (Å²) in [6.07, 6.45) is -1.70. The van der Waals surface area contributed by atoms with Gasteiger partial charge in [-0.15, -0.1) is 0 Å². The van der Waals surface area contributed by atoms with Crippen molar-refractivity contribution < 1.29 is 45.4 Å². The highest BCUT2D eigenvalue weighted by Gasteiger charge is 2.65. The van der Waals surface area contributed by atoms with Gasteiger partial charge in [-0.3, -0.25) is 19.3 Å². The van der Waals surface area contributed by atoms with Crippen LogP contribution >= 0.6 is 11.6 Å². The first-order valence-electron chi connectivity index (χ1n) is 9.69. The highest BCUT2D eigenvalue weighted by molar-refractivity contribution is 6.32. The van der Waals surface area contributed by atoms with Crippen molar-refractivity contribution in [2.45, 2.75) is 24.2 Å². The highest BCUT2D eigenvalue weighted by atomic mass is 35.5. The Bertz CT molecular complexity index is 1160. The predicted molar refractivity (Wildman–Crippen MR) is 114 cm³/mol. The van der Waals surface area contributed by atoms with Crippen molar-refractivity contribution >= 4 is 34.8 Å². The van der Waals surface area contributed by atoms with E-state index in [-0.39, 0.29) is 28.0 Å². The Balaban J connectivity index is 0.00000306. The number of aliphatic hydroxyl groups excluding tert-OH is 3. The largest absolute Gasteiger partial charge is 0.508 e. The SMILES string of the molecule is CN(C)[C@@H]1C(=O)C(C(N)=O)=C(O)[C@@]2(O)C(=O)C3=C(O)c4c(O)ccc(Cl)c4[C@@H](O)[C@H]3C[C@@H]12.O. The molecule has 0 unspecified atom stereocenters. The number of rotatable bonds is 2. The summed E-state index contributed by atoms with van der Waals surface area (Å²) in [6, 6.07) is 1.25. The smallest absolute Gasteiger partial charge is 0.255 e. The fraction of sp³-hybridized carbons (Fsp3) is 0.381. The Morgan fingerprint density at radius 2 is 1.82 bits per heavy atom. The molecular weight excluding hydrogens is 460 g/mol. The number of halogens is 1. The van der Waals surface area contributed by atoms with Gasteiger partial charge < -0.3 is 36.7 Å². The number of hydrogen-bond donors (Lipinski definition) is 6. The van der Waals surface area contributed by atoms with Crippen LogP contribution in [-0.2, 0) is 14.4 Å². The number of aliphatic hydroxyl groups is 4. The lowest BCUT2D eigenvalue weighted by Crippen LogP contribution is -2.66. The van der Waals surface area contributed by atoms with Crippen LogP contribution < -0.4 is 5.73 Å². The third-order valence-electron chi connectivity index (χ3n) is 6.64. The number of nitrogens with zero attached hydrogens (tertiary/aromatic N) is 1. The topological polar surface area (TPSA) is 213 Å². The fourth-order valence-electron chi connectivity index (χ4n) is 5.24. The van der Waals surface area contributed by atoms with Crippen LogP contribution in [0, 0.1) is 11.8 Å². The molecule has 1 aromatic rings. The zero-order valence-corrected chi connectivity index (χ0v) is 18.3. The van der Waals surface area contributed by atoms with Crippen molar-refractivity contribution in [3.63, 3.8) is 0 Å². The van der Waals surface area contributed by atoms with Gasteiger partial charge in [0.15, 0.2) is 11.4 Å². The lowest BCUT2D eigenvalue weighted by atomic mass is 9.57. The minimum atomic E-state index is -2.77. The van der Waals surface area contributed by atoms with E-state index in [1.807, 2.05) is 0 Å². The molecule has 33 heavy (non-hydrogen) atoms. The Morgan fingerprint density at radius 1 is 1.21 bits per heavy atom. The molecule has 1 saturated carbocycles. The maximum absolute atomic E-state index is 13.6. The lowest BCUT2D eigenvalue weighted by molar-refractivity contribution is -0.155. The number of ketones is 2. The maximum Gasteiger partial charge on any atom is 0.255 e. The van der Waals surface area contributed by atoms with Gasteiger partial charge in [0.05, 0.1) is 17.7 Å². The first kappa shape index (κ1) is 24.7.